The average molecular weight is 243 g/mol. The van der Waals surface area contributed by atoms with Crippen LogP contribution in [0.1, 0.15) is 33.6 Å². The van der Waals surface area contributed by atoms with Crippen LogP contribution in [0.4, 0.5) is 4.79 Å². The molecule has 2 aliphatic heterocycles. The van der Waals surface area contributed by atoms with Gasteiger partial charge in [0.05, 0.1) is 31.4 Å². The SMILES string of the molecule is CC(C)(C)OC(=O)N1[C@@H]2COC[C@H]1C[C@@H](O)C2. The molecular formula is C12H21NO4. The van der Waals surface area contributed by atoms with Crippen molar-refractivity contribution in [1.29, 1.82) is 0 Å². The molecule has 98 valence electrons. The Labute approximate surface area is 102 Å². The van der Waals surface area contributed by atoms with Gasteiger partial charge >= 0.3 is 6.09 Å². The van der Waals surface area contributed by atoms with Gasteiger partial charge in [0.25, 0.3) is 0 Å². The maximum Gasteiger partial charge on any atom is 0.410 e. The first-order valence-electron chi connectivity index (χ1n) is 6.14. The summed E-state index contributed by atoms with van der Waals surface area (Å²) in [6, 6.07) is -0.0975. The third kappa shape index (κ3) is 2.90. The number of carbonyl (C=O) groups is 1. The molecular weight excluding hydrogens is 222 g/mol. The molecule has 1 N–H and O–H groups in total. The fraction of sp³-hybridized carbons (Fsp3) is 0.917. The Balaban J connectivity index is 2.07. The summed E-state index contributed by atoms with van der Waals surface area (Å²) < 4.78 is 10.8. The highest BCUT2D eigenvalue weighted by Gasteiger charge is 2.42. The van der Waals surface area contributed by atoms with Gasteiger partial charge in [-0.25, -0.2) is 4.79 Å². The number of ether oxygens (including phenoxy) is 2. The summed E-state index contributed by atoms with van der Waals surface area (Å²) in [6.07, 6.45) is 0.543. The Morgan fingerprint density at radius 1 is 1.29 bits per heavy atom. The van der Waals surface area contributed by atoms with Gasteiger partial charge in [-0.1, -0.05) is 0 Å². The smallest absolute Gasteiger partial charge is 0.410 e. The second kappa shape index (κ2) is 4.46. The molecule has 17 heavy (non-hydrogen) atoms. The Hall–Kier alpha value is -0.810. The Bertz CT molecular complexity index is 285. The summed E-state index contributed by atoms with van der Waals surface area (Å²) in [5.41, 5.74) is -0.484. The second-order valence-corrected chi connectivity index (χ2v) is 5.86. The van der Waals surface area contributed by atoms with E-state index in [-0.39, 0.29) is 24.3 Å². The molecule has 5 heteroatoms. The molecule has 3 atom stereocenters. The minimum Gasteiger partial charge on any atom is -0.444 e. The first-order chi connectivity index (χ1) is 7.87. The molecule has 0 saturated carbocycles. The number of nitrogens with zero attached hydrogens (tertiary/aromatic N) is 1. The molecule has 2 aliphatic rings. The zero-order chi connectivity index (χ0) is 12.6. The highest BCUT2D eigenvalue weighted by atomic mass is 16.6. The molecule has 0 aliphatic carbocycles. The van der Waals surface area contributed by atoms with Gasteiger partial charge in [0.2, 0.25) is 0 Å². The number of piperidine rings is 1. The molecule has 5 nitrogen and oxygen atoms in total. The number of hydrogen-bond donors (Lipinski definition) is 1. The van der Waals surface area contributed by atoms with E-state index in [1.54, 1.807) is 4.90 Å². The Morgan fingerprint density at radius 2 is 1.82 bits per heavy atom. The zero-order valence-corrected chi connectivity index (χ0v) is 10.7. The summed E-state index contributed by atoms with van der Waals surface area (Å²) >= 11 is 0. The number of aliphatic hydroxyl groups excluding tert-OH is 1. The van der Waals surface area contributed by atoms with Gasteiger partial charge in [0.15, 0.2) is 0 Å². The topological polar surface area (TPSA) is 59.0 Å². The van der Waals surface area contributed by atoms with Crippen molar-refractivity contribution in [3.05, 3.63) is 0 Å². The molecule has 2 rings (SSSR count). The van der Waals surface area contributed by atoms with Crippen molar-refractivity contribution in [2.24, 2.45) is 0 Å². The van der Waals surface area contributed by atoms with E-state index in [9.17, 15) is 9.90 Å². The van der Waals surface area contributed by atoms with Gasteiger partial charge in [0, 0.05) is 0 Å². The third-order valence-corrected chi connectivity index (χ3v) is 3.10. The summed E-state index contributed by atoms with van der Waals surface area (Å²) in [5.74, 6) is 0. The zero-order valence-electron chi connectivity index (χ0n) is 10.7. The van der Waals surface area contributed by atoms with Gasteiger partial charge in [-0.3, -0.25) is 4.90 Å². The summed E-state index contributed by atoms with van der Waals surface area (Å²) in [4.78, 5) is 13.9. The van der Waals surface area contributed by atoms with Crippen LogP contribution in [0, 0.1) is 0 Å². The predicted octanol–water partition coefficient (Wildman–Crippen LogP) is 1.15. The summed E-state index contributed by atoms with van der Waals surface area (Å²) in [5, 5.41) is 9.71. The van der Waals surface area contributed by atoms with Gasteiger partial charge in [-0.15, -0.1) is 0 Å². The van der Waals surface area contributed by atoms with Crippen LogP contribution in [-0.4, -0.2) is 53.1 Å². The van der Waals surface area contributed by atoms with Crippen molar-refractivity contribution in [3.8, 4) is 0 Å². The molecule has 2 saturated heterocycles. The number of rotatable bonds is 0. The highest BCUT2D eigenvalue weighted by molar-refractivity contribution is 5.69. The molecule has 1 amide bonds. The lowest BCUT2D eigenvalue weighted by Gasteiger charge is -2.47. The van der Waals surface area contributed by atoms with E-state index in [1.165, 1.54) is 0 Å². The number of amides is 1. The fourth-order valence-corrected chi connectivity index (χ4v) is 2.50. The van der Waals surface area contributed by atoms with Crippen LogP contribution < -0.4 is 0 Å². The van der Waals surface area contributed by atoms with E-state index in [2.05, 4.69) is 0 Å². The van der Waals surface area contributed by atoms with E-state index >= 15 is 0 Å². The van der Waals surface area contributed by atoms with Crippen LogP contribution in [0.5, 0.6) is 0 Å². The Morgan fingerprint density at radius 3 is 2.29 bits per heavy atom. The van der Waals surface area contributed by atoms with Crippen molar-refractivity contribution in [1.82, 2.24) is 4.90 Å². The minimum atomic E-state index is -0.484. The quantitative estimate of drug-likeness (QED) is 0.693. The fourth-order valence-electron chi connectivity index (χ4n) is 2.50. The monoisotopic (exact) mass is 243 g/mol. The van der Waals surface area contributed by atoms with Gasteiger partial charge in [0.1, 0.15) is 5.60 Å². The molecule has 2 fully saturated rings. The van der Waals surface area contributed by atoms with Gasteiger partial charge in [-0.05, 0) is 33.6 Å². The van der Waals surface area contributed by atoms with Crippen LogP contribution in [0.15, 0.2) is 0 Å². The normalized spacial score (nSPS) is 33.4. The number of aliphatic hydroxyl groups is 1. The average Bonchev–Trinajstić information content (AvgIpc) is 2.12. The van der Waals surface area contributed by atoms with Crippen LogP contribution in [0.3, 0.4) is 0 Å². The van der Waals surface area contributed by atoms with Gasteiger partial charge < -0.3 is 14.6 Å². The molecule has 0 aromatic carbocycles. The van der Waals surface area contributed by atoms with Crippen molar-refractivity contribution >= 4 is 6.09 Å². The number of carbonyl (C=O) groups excluding carboxylic acids is 1. The molecule has 0 aromatic heterocycles. The van der Waals surface area contributed by atoms with E-state index in [0.717, 1.165) is 0 Å². The summed E-state index contributed by atoms with van der Waals surface area (Å²) in [6.45, 7) is 6.56. The highest BCUT2D eigenvalue weighted by Crippen LogP contribution is 2.29. The van der Waals surface area contributed by atoms with Gasteiger partial charge in [-0.2, -0.15) is 0 Å². The molecule has 0 aromatic rings. The van der Waals surface area contributed by atoms with Crippen molar-refractivity contribution in [2.75, 3.05) is 13.2 Å². The van der Waals surface area contributed by atoms with Crippen molar-refractivity contribution in [3.63, 3.8) is 0 Å². The molecule has 0 unspecified atom stereocenters. The van der Waals surface area contributed by atoms with Crippen LogP contribution in [0.25, 0.3) is 0 Å². The van der Waals surface area contributed by atoms with Crippen molar-refractivity contribution in [2.45, 2.75) is 57.4 Å². The maximum atomic E-state index is 12.1. The van der Waals surface area contributed by atoms with E-state index in [1.807, 2.05) is 20.8 Å². The number of hydrogen-bond acceptors (Lipinski definition) is 4. The van der Waals surface area contributed by atoms with E-state index in [0.29, 0.717) is 26.1 Å². The Kier molecular flexibility index (Phi) is 3.32. The lowest BCUT2D eigenvalue weighted by Crippen LogP contribution is -2.60. The standard InChI is InChI=1S/C12H21NO4/c1-12(2,3)17-11(15)13-8-4-10(14)5-9(13)7-16-6-8/h8-10,14H,4-7H2,1-3H3/t8-,9+,10-. The van der Waals surface area contributed by atoms with Crippen LogP contribution in [0.2, 0.25) is 0 Å². The van der Waals surface area contributed by atoms with E-state index in [4.69, 9.17) is 9.47 Å². The first-order valence-corrected chi connectivity index (χ1v) is 6.14. The number of morpholine rings is 1. The van der Waals surface area contributed by atoms with Crippen LogP contribution >= 0.6 is 0 Å². The molecule has 0 radical (unpaired) electrons. The minimum absolute atomic E-state index is 0.0488. The molecule has 2 bridgehead atoms. The lowest BCUT2D eigenvalue weighted by atomic mass is 9.92. The van der Waals surface area contributed by atoms with E-state index < -0.39 is 5.60 Å². The first kappa shape index (κ1) is 12.6. The second-order valence-electron chi connectivity index (χ2n) is 5.86. The lowest BCUT2D eigenvalue weighted by molar-refractivity contribution is -0.103. The third-order valence-electron chi connectivity index (χ3n) is 3.10. The molecule has 2 heterocycles. The van der Waals surface area contributed by atoms with Crippen molar-refractivity contribution < 1.29 is 19.4 Å². The summed E-state index contributed by atoms with van der Waals surface area (Å²) in [7, 11) is 0. The largest absolute Gasteiger partial charge is 0.444 e. The predicted molar refractivity (Wildman–Crippen MR) is 61.7 cm³/mol. The maximum absolute atomic E-state index is 12.1. The number of fused-ring (bicyclic) bond motifs is 2. The van der Waals surface area contributed by atoms with Crippen LogP contribution in [-0.2, 0) is 9.47 Å². The molecule has 0 spiro atoms.